The lowest BCUT2D eigenvalue weighted by Gasteiger charge is -2.26. The second kappa shape index (κ2) is 5.39. The van der Waals surface area contributed by atoms with E-state index in [9.17, 15) is 8.78 Å². The van der Waals surface area contributed by atoms with Crippen molar-refractivity contribution in [1.82, 2.24) is 5.32 Å². The summed E-state index contributed by atoms with van der Waals surface area (Å²) >= 11 is 0. The Morgan fingerprint density at radius 2 is 2.25 bits per heavy atom. The van der Waals surface area contributed by atoms with Crippen molar-refractivity contribution >= 4 is 0 Å². The van der Waals surface area contributed by atoms with Crippen molar-refractivity contribution in [3.05, 3.63) is 35.1 Å². The first kappa shape index (κ1) is 11.5. The summed E-state index contributed by atoms with van der Waals surface area (Å²) in [6.07, 6.45) is 3.69. The Kier molecular flexibility index (Phi) is 3.88. The third kappa shape index (κ3) is 2.59. The Hall–Kier alpha value is -0.960. The Morgan fingerprint density at radius 3 is 3.06 bits per heavy atom. The minimum atomic E-state index is -0.296. The van der Waals surface area contributed by atoms with E-state index < -0.39 is 0 Å². The van der Waals surface area contributed by atoms with Crippen molar-refractivity contribution in [3.63, 3.8) is 0 Å². The fraction of sp³-hybridized carbons (Fsp3) is 0.538. The number of hydrogen-bond donors (Lipinski definition) is 1. The molecule has 1 aliphatic carbocycles. The van der Waals surface area contributed by atoms with Crippen LogP contribution in [0.4, 0.5) is 8.78 Å². The van der Waals surface area contributed by atoms with E-state index >= 15 is 0 Å². The molecule has 1 atom stereocenters. The monoisotopic (exact) mass is 225 g/mol. The molecule has 0 spiro atoms. The highest BCUT2D eigenvalue weighted by molar-refractivity contribution is 5.32. The lowest BCUT2D eigenvalue weighted by Crippen LogP contribution is -2.26. The zero-order valence-corrected chi connectivity index (χ0v) is 9.31. The molecule has 0 aliphatic heterocycles. The summed E-state index contributed by atoms with van der Waals surface area (Å²) in [5, 5.41) is 3.30. The van der Waals surface area contributed by atoms with Gasteiger partial charge in [-0.05, 0) is 55.5 Å². The van der Waals surface area contributed by atoms with Gasteiger partial charge in [-0.2, -0.15) is 0 Å². The van der Waals surface area contributed by atoms with Crippen molar-refractivity contribution in [2.75, 3.05) is 13.2 Å². The molecule has 0 heterocycles. The molecule has 0 saturated carbocycles. The number of benzene rings is 1. The number of hydrogen-bond acceptors (Lipinski definition) is 1. The van der Waals surface area contributed by atoms with E-state index in [1.165, 1.54) is 11.6 Å². The first-order valence-corrected chi connectivity index (χ1v) is 5.89. The van der Waals surface area contributed by atoms with Crippen molar-refractivity contribution in [1.29, 1.82) is 0 Å². The lowest BCUT2D eigenvalue weighted by atomic mass is 9.87. The maximum Gasteiger partial charge on any atom is 0.123 e. The van der Waals surface area contributed by atoms with Crippen molar-refractivity contribution in [2.45, 2.75) is 31.7 Å². The molecule has 16 heavy (non-hydrogen) atoms. The van der Waals surface area contributed by atoms with Gasteiger partial charge in [-0.15, -0.1) is 0 Å². The molecule has 0 fully saturated rings. The summed E-state index contributed by atoms with van der Waals surface area (Å²) in [6.45, 7) is 0.368. The summed E-state index contributed by atoms with van der Waals surface area (Å²) < 4.78 is 25.2. The lowest BCUT2D eigenvalue weighted by molar-refractivity contribution is 0.415. The molecule has 1 aromatic rings. The van der Waals surface area contributed by atoms with Crippen LogP contribution in [0.3, 0.4) is 0 Å². The Balaban J connectivity index is 2.09. The topological polar surface area (TPSA) is 12.0 Å². The van der Waals surface area contributed by atoms with Gasteiger partial charge in [0, 0.05) is 6.04 Å². The summed E-state index contributed by atoms with van der Waals surface area (Å²) in [6, 6.07) is 5.20. The van der Waals surface area contributed by atoms with E-state index in [1.807, 2.05) is 6.07 Å². The van der Waals surface area contributed by atoms with E-state index in [4.69, 9.17) is 0 Å². The summed E-state index contributed by atoms with van der Waals surface area (Å²) in [5.74, 6) is -0.182. The van der Waals surface area contributed by atoms with E-state index in [0.29, 0.717) is 13.0 Å². The van der Waals surface area contributed by atoms with Crippen LogP contribution >= 0.6 is 0 Å². The number of halogens is 2. The van der Waals surface area contributed by atoms with Crippen LogP contribution in [0.15, 0.2) is 18.2 Å². The minimum Gasteiger partial charge on any atom is -0.310 e. The smallest absolute Gasteiger partial charge is 0.123 e. The third-order valence-electron chi connectivity index (χ3n) is 3.12. The number of alkyl halides is 1. The Morgan fingerprint density at radius 1 is 1.38 bits per heavy atom. The van der Waals surface area contributed by atoms with E-state index in [0.717, 1.165) is 24.8 Å². The van der Waals surface area contributed by atoms with Crippen LogP contribution in [-0.2, 0) is 6.42 Å². The van der Waals surface area contributed by atoms with E-state index in [1.54, 1.807) is 6.07 Å². The van der Waals surface area contributed by atoms with Gasteiger partial charge in [0.25, 0.3) is 0 Å². The molecule has 1 aliphatic rings. The maximum absolute atomic E-state index is 13.2. The van der Waals surface area contributed by atoms with Crippen LogP contribution in [0, 0.1) is 5.82 Å². The van der Waals surface area contributed by atoms with Crippen LogP contribution in [0.25, 0.3) is 0 Å². The second-order valence-corrected chi connectivity index (χ2v) is 4.28. The normalized spacial score (nSPS) is 19.5. The number of nitrogens with one attached hydrogen (secondary N) is 1. The van der Waals surface area contributed by atoms with Crippen molar-refractivity contribution in [3.8, 4) is 0 Å². The predicted octanol–water partition coefficient (Wildman–Crippen LogP) is 3.15. The predicted molar refractivity (Wildman–Crippen MR) is 60.7 cm³/mol. The van der Waals surface area contributed by atoms with Gasteiger partial charge in [0.05, 0.1) is 6.67 Å². The van der Waals surface area contributed by atoms with Gasteiger partial charge in [-0.3, -0.25) is 4.39 Å². The first-order valence-electron chi connectivity index (χ1n) is 5.89. The molecule has 88 valence electrons. The zero-order valence-electron chi connectivity index (χ0n) is 9.31. The molecule has 0 aromatic heterocycles. The number of rotatable bonds is 4. The molecule has 0 bridgehead atoms. The molecule has 2 rings (SSSR count). The highest BCUT2D eigenvalue weighted by Gasteiger charge is 2.19. The molecular formula is C13H17F2N. The zero-order chi connectivity index (χ0) is 11.4. The SMILES string of the molecule is FCCCNC1CCCc2ccc(F)cc21. The van der Waals surface area contributed by atoms with Gasteiger partial charge < -0.3 is 5.32 Å². The number of aryl methyl sites for hydroxylation is 1. The fourth-order valence-corrected chi connectivity index (χ4v) is 2.33. The average molecular weight is 225 g/mol. The molecule has 0 saturated heterocycles. The van der Waals surface area contributed by atoms with Gasteiger partial charge >= 0.3 is 0 Å². The molecule has 0 radical (unpaired) electrons. The molecule has 1 unspecified atom stereocenters. The van der Waals surface area contributed by atoms with E-state index in [2.05, 4.69) is 5.32 Å². The van der Waals surface area contributed by atoms with Gasteiger partial charge in [-0.25, -0.2) is 4.39 Å². The largest absolute Gasteiger partial charge is 0.310 e. The molecule has 3 heteroatoms. The average Bonchev–Trinajstić information content (AvgIpc) is 2.30. The third-order valence-corrected chi connectivity index (χ3v) is 3.12. The number of fused-ring (bicyclic) bond motifs is 1. The molecular weight excluding hydrogens is 208 g/mol. The maximum atomic E-state index is 13.2. The van der Waals surface area contributed by atoms with Crippen LogP contribution < -0.4 is 5.32 Å². The highest BCUT2D eigenvalue weighted by Crippen LogP contribution is 2.30. The molecule has 0 amide bonds. The summed E-state index contributed by atoms with van der Waals surface area (Å²) in [7, 11) is 0. The van der Waals surface area contributed by atoms with Crippen LogP contribution in [-0.4, -0.2) is 13.2 Å². The van der Waals surface area contributed by atoms with Gasteiger partial charge in [-0.1, -0.05) is 6.07 Å². The second-order valence-electron chi connectivity index (χ2n) is 4.28. The Bertz CT molecular complexity index is 352. The van der Waals surface area contributed by atoms with Crippen LogP contribution in [0.5, 0.6) is 0 Å². The fourth-order valence-electron chi connectivity index (χ4n) is 2.33. The Labute approximate surface area is 94.9 Å². The van der Waals surface area contributed by atoms with Crippen molar-refractivity contribution in [2.24, 2.45) is 0 Å². The first-order chi connectivity index (χ1) is 7.81. The van der Waals surface area contributed by atoms with Gasteiger partial charge in [0.2, 0.25) is 0 Å². The van der Waals surface area contributed by atoms with Gasteiger partial charge in [0.1, 0.15) is 5.82 Å². The van der Waals surface area contributed by atoms with E-state index in [-0.39, 0.29) is 18.5 Å². The van der Waals surface area contributed by atoms with Crippen LogP contribution in [0.2, 0.25) is 0 Å². The van der Waals surface area contributed by atoms with Gasteiger partial charge in [0.15, 0.2) is 0 Å². The molecule has 1 N–H and O–H groups in total. The van der Waals surface area contributed by atoms with Crippen LogP contribution in [0.1, 0.15) is 36.4 Å². The minimum absolute atomic E-state index is 0.182. The highest BCUT2D eigenvalue weighted by atomic mass is 19.1. The summed E-state index contributed by atoms with van der Waals surface area (Å²) in [4.78, 5) is 0. The summed E-state index contributed by atoms with van der Waals surface area (Å²) in [5.41, 5.74) is 2.29. The quantitative estimate of drug-likeness (QED) is 0.776. The molecule has 1 nitrogen and oxygen atoms in total. The standard InChI is InChI=1S/C13H17F2N/c14-7-2-8-16-13-4-1-3-10-5-6-11(15)9-12(10)13/h5-6,9,13,16H,1-4,7-8H2. The van der Waals surface area contributed by atoms with Crippen molar-refractivity contribution < 1.29 is 8.78 Å². The molecule has 1 aromatic carbocycles.